The number of methoxy groups -OCH3 is 1. The highest BCUT2D eigenvalue weighted by molar-refractivity contribution is 5.93. The van der Waals surface area contributed by atoms with Gasteiger partial charge in [0.2, 0.25) is 0 Å². The molecule has 9 nitrogen and oxygen atoms in total. The summed E-state index contributed by atoms with van der Waals surface area (Å²) in [4.78, 5) is 36.8. The Balaban J connectivity index is 1.54. The lowest BCUT2D eigenvalue weighted by Crippen LogP contribution is -2.36. The van der Waals surface area contributed by atoms with Crippen LogP contribution in [0.1, 0.15) is 16.8 Å². The van der Waals surface area contributed by atoms with Crippen LogP contribution < -0.4 is 0 Å². The van der Waals surface area contributed by atoms with E-state index >= 15 is 0 Å². The molecule has 1 aromatic carbocycles. The molecule has 3 saturated heterocycles. The maximum atomic E-state index is 12.6. The number of amides is 1. The second kappa shape index (κ2) is 5.78. The van der Waals surface area contributed by atoms with Crippen LogP contribution in [0.15, 0.2) is 24.3 Å². The third-order valence-corrected chi connectivity index (χ3v) is 5.07. The number of rotatable bonds is 4. The summed E-state index contributed by atoms with van der Waals surface area (Å²) in [6.07, 6.45) is -0.917. The zero-order valence-electron chi connectivity index (χ0n) is 13.4. The van der Waals surface area contributed by atoms with Gasteiger partial charge in [0, 0.05) is 25.8 Å². The molecule has 4 rings (SSSR count). The second-order valence-corrected chi connectivity index (χ2v) is 6.30. The van der Waals surface area contributed by atoms with Crippen molar-refractivity contribution in [2.75, 3.05) is 13.7 Å². The monoisotopic (exact) mass is 348 g/mol. The Hall–Kier alpha value is -2.52. The van der Waals surface area contributed by atoms with Crippen LogP contribution in [-0.2, 0) is 19.0 Å². The van der Waals surface area contributed by atoms with E-state index in [0.29, 0.717) is 6.54 Å². The van der Waals surface area contributed by atoms with Gasteiger partial charge in [-0.1, -0.05) is 0 Å². The van der Waals surface area contributed by atoms with Crippen LogP contribution in [0.2, 0.25) is 0 Å². The van der Waals surface area contributed by atoms with Crippen LogP contribution >= 0.6 is 0 Å². The van der Waals surface area contributed by atoms with Crippen molar-refractivity contribution in [2.45, 2.75) is 31.0 Å². The standard InChI is InChI=1S/C16H16N2O7/c1-23-16-11-12-10(24-16)6-7-17(12)14(19)13(11)25-15(20)8-2-4-9(5-3-8)18(21)22/h2-5,10-13,16H,6-7H2,1H3/t10-,11-,12?,13+,16?/m1/s1. The van der Waals surface area contributed by atoms with Gasteiger partial charge in [-0.15, -0.1) is 0 Å². The average molecular weight is 348 g/mol. The van der Waals surface area contributed by atoms with Crippen molar-refractivity contribution < 1.29 is 28.7 Å². The molecule has 0 radical (unpaired) electrons. The van der Waals surface area contributed by atoms with Crippen molar-refractivity contribution in [3.05, 3.63) is 39.9 Å². The van der Waals surface area contributed by atoms with Crippen molar-refractivity contribution >= 4 is 17.6 Å². The Morgan fingerprint density at radius 2 is 2.08 bits per heavy atom. The van der Waals surface area contributed by atoms with Crippen molar-refractivity contribution in [1.82, 2.24) is 4.90 Å². The van der Waals surface area contributed by atoms with Gasteiger partial charge in [-0.2, -0.15) is 0 Å². The van der Waals surface area contributed by atoms with Crippen LogP contribution in [0.25, 0.3) is 0 Å². The van der Waals surface area contributed by atoms with Gasteiger partial charge in [0.1, 0.15) is 0 Å². The second-order valence-electron chi connectivity index (χ2n) is 6.30. The predicted molar refractivity (Wildman–Crippen MR) is 81.6 cm³/mol. The van der Waals surface area contributed by atoms with Crippen LogP contribution in [0.4, 0.5) is 5.69 Å². The number of carbonyl (C=O) groups excluding carboxylic acids is 2. The van der Waals surface area contributed by atoms with Crippen molar-refractivity contribution in [1.29, 1.82) is 0 Å². The summed E-state index contributed by atoms with van der Waals surface area (Å²) in [6, 6.07) is 4.92. The summed E-state index contributed by atoms with van der Waals surface area (Å²) in [7, 11) is 1.49. The lowest BCUT2D eigenvalue weighted by atomic mass is 9.96. The Kier molecular flexibility index (Phi) is 3.69. The number of nitro groups is 1. The molecule has 0 N–H and O–H groups in total. The van der Waals surface area contributed by atoms with E-state index in [1.807, 2.05) is 0 Å². The molecule has 3 fully saturated rings. The maximum Gasteiger partial charge on any atom is 0.338 e. The molecule has 0 bridgehead atoms. The highest BCUT2D eigenvalue weighted by Gasteiger charge is 2.63. The van der Waals surface area contributed by atoms with Gasteiger partial charge in [-0.05, 0) is 18.6 Å². The molecule has 1 amide bonds. The Morgan fingerprint density at radius 3 is 2.72 bits per heavy atom. The first-order valence-corrected chi connectivity index (χ1v) is 7.95. The number of non-ortho nitro benzene ring substituents is 1. The quantitative estimate of drug-likeness (QED) is 0.448. The Labute approximate surface area is 142 Å². The summed E-state index contributed by atoms with van der Waals surface area (Å²) in [6.45, 7) is 0.576. The van der Waals surface area contributed by atoms with Gasteiger partial charge in [0.05, 0.1) is 28.6 Å². The van der Waals surface area contributed by atoms with E-state index in [2.05, 4.69) is 0 Å². The summed E-state index contributed by atoms with van der Waals surface area (Å²) >= 11 is 0. The van der Waals surface area contributed by atoms with Crippen molar-refractivity contribution in [3.8, 4) is 0 Å². The number of esters is 1. The fraction of sp³-hybridized carbons (Fsp3) is 0.500. The van der Waals surface area contributed by atoms with Crippen LogP contribution in [0.5, 0.6) is 0 Å². The molecule has 3 heterocycles. The summed E-state index contributed by atoms with van der Waals surface area (Å²) in [5.74, 6) is -1.31. The first-order chi connectivity index (χ1) is 12.0. The van der Waals surface area contributed by atoms with Gasteiger partial charge in [-0.25, -0.2) is 4.79 Å². The highest BCUT2D eigenvalue weighted by Crippen LogP contribution is 2.45. The largest absolute Gasteiger partial charge is 0.448 e. The average Bonchev–Trinajstić information content (AvgIpc) is 3.25. The molecule has 25 heavy (non-hydrogen) atoms. The molecule has 3 aliphatic heterocycles. The molecule has 0 saturated carbocycles. The van der Waals surface area contributed by atoms with Gasteiger partial charge in [-0.3, -0.25) is 14.9 Å². The van der Waals surface area contributed by atoms with Crippen LogP contribution in [-0.4, -0.2) is 59.9 Å². The smallest absolute Gasteiger partial charge is 0.338 e. The number of ether oxygens (including phenoxy) is 3. The number of carbonyl (C=O) groups is 2. The minimum Gasteiger partial charge on any atom is -0.448 e. The molecule has 3 aliphatic rings. The number of nitrogens with zero attached hydrogens (tertiary/aromatic N) is 2. The third kappa shape index (κ3) is 2.38. The van der Waals surface area contributed by atoms with Gasteiger partial charge in [0.15, 0.2) is 12.4 Å². The molecule has 0 aliphatic carbocycles. The fourth-order valence-corrected chi connectivity index (χ4v) is 3.97. The molecule has 1 aromatic rings. The SMILES string of the molecule is COC1O[C@@H]2CCN3C(=O)[C@@H](OC(=O)c4ccc([N+](=O)[O-])cc4)[C@H]1C23. The van der Waals surface area contributed by atoms with Crippen LogP contribution in [0, 0.1) is 16.0 Å². The molecule has 132 valence electrons. The normalized spacial score (nSPS) is 32.8. The molecular weight excluding hydrogens is 332 g/mol. The van der Waals surface area contributed by atoms with E-state index in [0.717, 1.165) is 6.42 Å². The maximum absolute atomic E-state index is 12.6. The molecule has 9 heteroatoms. The lowest BCUT2D eigenvalue weighted by Gasteiger charge is -2.20. The number of benzene rings is 1. The van der Waals surface area contributed by atoms with Crippen molar-refractivity contribution in [2.24, 2.45) is 5.92 Å². The number of nitro benzene ring substituents is 1. The van der Waals surface area contributed by atoms with Gasteiger partial charge >= 0.3 is 5.97 Å². The highest BCUT2D eigenvalue weighted by atomic mass is 16.7. The molecular formula is C16H16N2O7. The summed E-state index contributed by atoms with van der Waals surface area (Å²) < 4.78 is 16.6. The van der Waals surface area contributed by atoms with Gasteiger partial charge < -0.3 is 19.1 Å². The third-order valence-electron chi connectivity index (χ3n) is 5.07. The zero-order valence-corrected chi connectivity index (χ0v) is 13.4. The van der Waals surface area contributed by atoms with Crippen LogP contribution in [0.3, 0.4) is 0 Å². The lowest BCUT2D eigenvalue weighted by molar-refractivity contribution is -0.384. The molecule has 0 aromatic heterocycles. The van der Waals surface area contributed by atoms with E-state index < -0.39 is 23.3 Å². The summed E-state index contributed by atoms with van der Waals surface area (Å²) in [5.41, 5.74) is 0.0236. The Bertz CT molecular complexity index is 735. The van der Waals surface area contributed by atoms with E-state index in [1.54, 1.807) is 4.90 Å². The van der Waals surface area contributed by atoms with E-state index in [9.17, 15) is 19.7 Å². The minimum absolute atomic E-state index is 0.0954. The Morgan fingerprint density at radius 1 is 1.36 bits per heavy atom. The number of hydrogen-bond donors (Lipinski definition) is 0. The zero-order chi connectivity index (χ0) is 17.7. The first kappa shape index (κ1) is 16.0. The first-order valence-electron chi connectivity index (χ1n) is 7.95. The van der Waals surface area contributed by atoms with E-state index in [1.165, 1.54) is 31.4 Å². The molecule has 2 unspecified atom stereocenters. The fourth-order valence-electron chi connectivity index (χ4n) is 3.97. The summed E-state index contributed by atoms with van der Waals surface area (Å²) in [5, 5.41) is 10.7. The predicted octanol–water partition coefficient (Wildman–Crippen LogP) is 0.722. The minimum atomic E-state index is -0.969. The van der Waals surface area contributed by atoms with Gasteiger partial charge in [0.25, 0.3) is 11.6 Å². The van der Waals surface area contributed by atoms with Crippen molar-refractivity contribution in [3.63, 3.8) is 0 Å². The van der Waals surface area contributed by atoms with E-state index in [-0.39, 0.29) is 35.2 Å². The topological polar surface area (TPSA) is 108 Å². The molecule has 0 spiro atoms. The number of hydrogen-bond acceptors (Lipinski definition) is 7. The molecule has 5 atom stereocenters. The van der Waals surface area contributed by atoms with E-state index in [4.69, 9.17) is 14.2 Å².